The van der Waals surface area contributed by atoms with Gasteiger partial charge in [0.2, 0.25) is 5.91 Å². The lowest BCUT2D eigenvalue weighted by Gasteiger charge is -2.39. The first-order valence-electron chi connectivity index (χ1n) is 7.18. The van der Waals surface area contributed by atoms with Crippen molar-refractivity contribution < 1.29 is 9.53 Å². The Morgan fingerprint density at radius 1 is 1.44 bits per heavy atom. The summed E-state index contributed by atoms with van der Waals surface area (Å²) < 4.78 is 5.36. The minimum Gasteiger partial charge on any atom is -0.381 e. The zero-order valence-corrected chi connectivity index (χ0v) is 11.6. The summed E-state index contributed by atoms with van der Waals surface area (Å²) >= 11 is 0. The molecule has 4 heteroatoms. The second-order valence-electron chi connectivity index (χ2n) is 6.26. The van der Waals surface area contributed by atoms with E-state index < -0.39 is 0 Å². The number of hydrogen-bond acceptors (Lipinski definition) is 3. The van der Waals surface area contributed by atoms with Gasteiger partial charge in [0.1, 0.15) is 0 Å². The Morgan fingerprint density at radius 3 is 2.94 bits per heavy atom. The van der Waals surface area contributed by atoms with E-state index in [1.807, 2.05) is 0 Å². The highest BCUT2D eigenvalue weighted by molar-refractivity contribution is 5.78. The van der Waals surface area contributed by atoms with Crippen LogP contribution in [0.5, 0.6) is 0 Å². The van der Waals surface area contributed by atoms with E-state index in [-0.39, 0.29) is 17.2 Å². The van der Waals surface area contributed by atoms with Crippen molar-refractivity contribution >= 4 is 5.91 Å². The minimum atomic E-state index is 0.0606. The Kier molecular flexibility index (Phi) is 4.62. The standard InChI is InChI=1S/C14H26N2O2/c1-14(2)6-4-7-15-12(14)9-16-13(17)11-5-3-8-18-10-11/h11-12,15H,3-10H2,1-2H3,(H,16,17). The van der Waals surface area contributed by atoms with E-state index in [2.05, 4.69) is 24.5 Å². The van der Waals surface area contributed by atoms with Gasteiger partial charge in [0, 0.05) is 19.2 Å². The fourth-order valence-corrected chi connectivity index (χ4v) is 2.91. The molecule has 2 N–H and O–H groups in total. The average molecular weight is 254 g/mol. The van der Waals surface area contributed by atoms with E-state index in [9.17, 15) is 4.79 Å². The van der Waals surface area contributed by atoms with E-state index in [4.69, 9.17) is 4.74 Å². The minimum absolute atomic E-state index is 0.0606. The van der Waals surface area contributed by atoms with Gasteiger partial charge in [0.05, 0.1) is 12.5 Å². The van der Waals surface area contributed by atoms with Crippen LogP contribution in [0.1, 0.15) is 39.5 Å². The Balaban J connectivity index is 1.77. The van der Waals surface area contributed by atoms with Gasteiger partial charge in [-0.2, -0.15) is 0 Å². The largest absolute Gasteiger partial charge is 0.381 e. The van der Waals surface area contributed by atoms with Gasteiger partial charge in [-0.25, -0.2) is 0 Å². The molecule has 0 aromatic carbocycles. The lowest BCUT2D eigenvalue weighted by Crippen LogP contribution is -2.53. The van der Waals surface area contributed by atoms with Crippen molar-refractivity contribution in [2.24, 2.45) is 11.3 Å². The van der Waals surface area contributed by atoms with Crippen LogP contribution in [0.3, 0.4) is 0 Å². The van der Waals surface area contributed by atoms with Crippen LogP contribution in [0.15, 0.2) is 0 Å². The molecule has 2 heterocycles. The van der Waals surface area contributed by atoms with Crippen LogP contribution in [0, 0.1) is 11.3 Å². The number of rotatable bonds is 3. The van der Waals surface area contributed by atoms with Crippen LogP contribution < -0.4 is 10.6 Å². The number of carbonyl (C=O) groups excluding carboxylic acids is 1. The maximum Gasteiger partial charge on any atom is 0.225 e. The monoisotopic (exact) mass is 254 g/mol. The van der Waals surface area contributed by atoms with Crippen LogP contribution >= 0.6 is 0 Å². The van der Waals surface area contributed by atoms with Gasteiger partial charge < -0.3 is 15.4 Å². The van der Waals surface area contributed by atoms with Crippen molar-refractivity contribution in [3.05, 3.63) is 0 Å². The maximum absolute atomic E-state index is 12.0. The van der Waals surface area contributed by atoms with Gasteiger partial charge in [0.15, 0.2) is 0 Å². The highest BCUT2D eigenvalue weighted by Gasteiger charge is 2.32. The zero-order chi connectivity index (χ0) is 13.0. The molecule has 2 fully saturated rings. The van der Waals surface area contributed by atoms with E-state index in [0.717, 1.165) is 32.5 Å². The molecule has 0 aromatic rings. The molecule has 18 heavy (non-hydrogen) atoms. The van der Waals surface area contributed by atoms with E-state index >= 15 is 0 Å². The zero-order valence-electron chi connectivity index (χ0n) is 11.6. The fraction of sp³-hybridized carbons (Fsp3) is 0.929. The summed E-state index contributed by atoms with van der Waals surface area (Å²) in [5.41, 5.74) is 0.272. The summed E-state index contributed by atoms with van der Waals surface area (Å²) in [6.45, 7) is 7.76. The molecule has 0 saturated carbocycles. The molecule has 2 aliphatic heterocycles. The summed E-state index contributed by atoms with van der Waals surface area (Å²) in [5, 5.41) is 6.62. The first-order chi connectivity index (χ1) is 8.59. The second-order valence-corrected chi connectivity index (χ2v) is 6.26. The van der Waals surface area contributed by atoms with Crippen molar-refractivity contribution in [1.29, 1.82) is 0 Å². The van der Waals surface area contributed by atoms with Gasteiger partial charge in [-0.05, 0) is 37.6 Å². The average Bonchev–Trinajstić information content (AvgIpc) is 2.38. The quantitative estimate of drug-likeness (QED) is 0.798. The molecule has 2 rings (SSSR count). The molecule has 1 amide bonds. The number of amides is 1. The first kappa shape index (κ1) is 13.8. The predicted octanol–water partition coefficient (Wildman–Crippen LogP) is 1.31. The van der Waals surface area contributed by atoms with Crippen LogP contribution in [0.2, 0.25) is 0 Å². The van der Waals surface area contributed by atoms with Gasteiger partial charge in [-0.1, -0.05) is 13.8 Å². The van der Waals surface area contributed by atoms with Gasteiger partial charge >= 0.3 is 0 Å². The summed E-state index contributed by atoms with van der Waals surface area (Å²) in [6, 6.07) is 0.389. The fourth-order valence-electron chi connectivity index (χ4n) is 2.91. The third-order valence-corrected chi connectivity index (χ3v) is 4.34. The molecule has 0 radical (unpaired) electrons. The first-order valence-corrected chi connectivity index (χ1v) is 7.18. The van der Waals surface area contributed by atoms with Gasteiger partial charge in [0.25, 0.3) is 0 Å². The number of piperidine rings is 1. The number of ether oxygens (including phenoxy) is 1. The molecule has 2 saturated heterocycles. The smallest absolute Gasteiger partial charge is 0.225 e. The Hall–Kier alpha value is -0.610. The molecule has 0 aliphatic carbocycles. The maximum atomic E-state index is 12.0. The molecule has 2 atom stereocenters. The lowest BCUT2D eigenvalue weighted by molar-refractivity contribution is -0.129. The van der Waals surface area contributed by atoms with E-state index in [0.29, 0.717) is 12.6 Å². The van der Waals surface area contributed by atoms with Gasteiger partial charge in [-0.3, -0.25) is 4.79 Å². The Bertz CT molecular complexity index is 286. The summed E-state index contributed by atoms with van der Waals surface area (Å²) in [4.78, 5) is 12.0. The molecular weight excluding hydrogens is 228 g/mol. The normalized spacial score (nSPS) is 31.9. The van der Waals surface area contributed by atoms with Crippen LogP contribution in [-0.2, 0) is 9.53 Å². The van der Waals surface area contributed by atoms with Crippen LogP contribution in [-0.4, -0.2) is 38.3 Å². The predicted molar refractivity (Wildman–Crippen MR) is 71.4 cm³/mol. The highest BCUT2D eigenvalue weighted by atomic mass is 16.5. The van der Waals surface area contributed by atoms with Crippen LogP contribution in [0.25, 0.3) is 0 Å². The van der Waals surface area contributed by atoms with Gasteiger partial charge in [-0.15, -0.1) is 0 Å². The molecule has 2 aliphatic rings. The highest BCUT2D eigenvalue weighted by Crippen LogP contribution is 2.29. The molecule has 104 valence electrons. The van der Waals surface area contributed by atoms with Crippen molar-refractivity contribution in [1.82, 2.24) is 10.6 Å². The summed E-state index contributed by atoms with van der Waals surface area (Å²) in [5.74, 6) is 0.225. The topological polar surface area (TPSA) is 50.4 Å². The Labute approximate surface area is 110 Å². The van der Waals surface area contributed by atoms with Crippen molar-refractivity contribution in [3.63, 3.8) is 0 Å². The number of hydrogen-bond donors (Lipinski definition) is 2. The SMILES string of the molecule is CC1(C)CCCNC1CNC(=O)C1CCCOC1. The van der Waals surface area contributed by atoms with Crippen molar-refractivity contribution in [2.75, 3.05) is 26.3 Å². The molecule has 2 unspecified atom stereocenters. The lowest BCUT2D eigenvalue weighted by atomic mass is 9.77. The molecule has 0 spiro atoms. The summed E-state index contributed by atoms with van der Waals surface area (Å²) in [6.07, 6.45) is 4.43. The van der Waals surface area contributed by atoms with Crippen LogP contribution in [0.4, 0.5) is 0 Å². The molecule has 0 bridgehead atoms. The molecular formula is C14H26N2O2. The molecule has 4 nitrogen and oxygen atoms in total. The second kappa shape index (κ2) is 6.02. The van der Waals surface area contributed by atoms with E-state index in [1.165, 1.54) is 12.8 Å². The third kappa shape index (κ3) is 3.45. The van der Waals surface area contributed by atoms with Crippen molar-refractivity contribution in [2.45, 2.75) is 45.6 Å². The van der Waals surface area contributed by atoms with Crippen molar-refractivity contribution in [3.8, 4) is 0 Å². The Morgan fingerprint density at radius 2 is 2.28 bits per heavy atom. The third-order valence-electron chi connectivity index (χ3n) is 4.34. The number of nitrogens with one attached hydrogen (secondary N) is 2. The van der Waals surface area contributed by atoms with E-state index in [1.54, 1.807) is 0 Å². The molecule has 0 aromatic heterocycles. The number of carbonyl (C=O) groups is 1. The summed E-state index contributed by atoms with van der Waals surface area (Å²) in [7, 11) is 0.